The monoisotopic (exact) mass is 232 g/mol. The maximum atomic E-state index is 14.0. The normalized spacial score (nSPS) is 22.5. The van der Waals surface area contributed by atoms with Crippen LogP contribution in [0.4, 0.5) is 8.78 Å². The highest BCUT2D eigenvalue weighted by Gasteiger charge is 2.23. The highest BCUT2D eigenvalue weighted by molar-refractivity contribution is 5.65. The maximum absolute atomic E-state index is 14.0. The molecule has 2 atom stereocenters. The highest BCUT2D eigenvalue weighted by atomic mass is 19.1. The molecule has 0 bridgehead atoms. The molecule has 1 aromatic carbocycles. The first kappa shape index (κ1) is 11.5. The summed E-state index contributed by atoms with van der Waals surface area (Å²) in [5, 5.41) is 8.71. The van der Waals surface area contributed by atoms with E-state index in [0.29, 0.717) is 5.56 Å². The van der Waals surface area contributed by atoms with Gasteiger partial charge in [0.1, 0.15) is 23.3 Å². The molecule has 0 spiro atoms. The summed E-state index contributed by atoms with van der Waals surface area (Å²) < 4.78 is 27.1. The summed E-state index contributed by atoms with van der Waals surface area (Å²) in [7, 11) is 0. The largest absolute Gasteiger partial charge is 0.269 e. The van der Waals surface area contributed by atoms with Crippen LogP contribution in [0.25, 0.3) is 0 Å². The molecule has 2 rings (SSSR count). The fraction of sp³-hybridized carbons (Fsp3) is 0.231. The molecule has 86 valence electrons. The van der Waals surface area contributed by atoms with Crippen molar-refractivity contribution in [2.24, 2.45) is 10.9 Å². The number of halogens is 2. The van der Waals surface area contributed by atoms with Crippen LogP contribution in [0.1, 0.15) is 24.0 Å². The lowest BCUT2D eigenvalue weighted by Gasteiger charge is -2.20. The number of nitriles is 1. The molecule has 2 unspecified atom stereocenters. The number of hydrogen-bond donors (Lipinski definition) is 0. The van der Waals surface area contributed by atoms with Gasteiger partial charge in [0.2, 0.25) is 0 Å². The highest BCUT2D eigenvalue weighted by Crippen LogP contribution is 2.31. The van der Waals surface area contributed by atoms with Crippen LogP contribution in [0.2, 0.25) is 0 Å². The van der Waals surface area contributed by atoms with Gasteiger partial charge in [-0.15, -0.1) is 0 Å². The molecule has 1 heterocycles. The van der Waals surface area contributed by atoms with Crippen molar-refractivity contribution in [2.45, 2.75) is 12.8 Å². The molecule has 1 aliphatic rings. The van der Waals surface area contributed by atoms with Crippen LogP contribution in [0.5, 0.6) is 0 Å². The molecule has 0 aromatic heterocycles. The van der Waals surface area contributed by atoms with Crippen molar-refractivity contribution < 1.29 is 8.78 Å². The first-order chi connectivity index (χ1) is 8.15. The number of hydrogen-bond acceptors (Lipinski definition) is 2. The summed E-state index contributed by atoms with van der Waals surface area (Å²) in [4.78, 5) is 3.96. The van der Waals surface area contributed by atoms with Crippen molar-refractivity contribution >= 4 is 6.21 Å². The van der Waals surface area contributed by atoms with E-state index in [2.05, 4.69) is 4.99 Å². The lowest BCUT2D eigenvalue weighted by molar-refractivity contribution is 0.546. The summed E-state index contributed by atoms with van der Waals surface area (Å²) in [6, 6.07) is 4.06. The Morgan fingerprint density at radius 3 is 2.76 bits per heavy atom. The second kappa shape index (κ2) is 4.46. The first-order valence-electron chi connectivity index (χ1n) is 5.23. The van der Waals surface area contributed by atoms with Crippen LogP contribution in [0.15, 0.2) is 29.4 Å². The summed E-state index contributed by atoms with van der Waals surface area (Å²) in [6.07, 6.45) is 5.04. The molecule has 1 aliphatic heterocycles. The molecule has 0 N–H and O–H groups in total. The van der Waals surface area contributed by atoms with E-state index in [9.17, 15) is 8.78 Å². The summed E-state index contributed by atoms with van der Waals surface area (Å²) in [6.45, 7) is 1.90. The van der Waals surface area contributed by atoms with Crippen LogP contribution in [0.3, 0.4) is 0 Å². The van der Waals surface area contributed by atoms with E-state index in [0.717, 1.165) is 6.07 Å². The zero-order valence-electron chi connectivity index (χ0n) is 9.19. The second-order valence-electron chi connectivity index (χ2n) is 3.96. The second-order valence-corrected chi connectivity index (χ2v) is 3.96. The van der Waals surface area contributed by atoms with Crippen molar-refractivity contribution in [1.82, 2.24) is 0 Å². The fourth-order valence-corrected chi connectivity index (χ4v) is 1.91. The molecule has 0 saturated carbocycles. The third-order valence-corrected chi connectivity index (χ3v) is 2.86. The van der Waals surface area contributed by atoms with Gasteiger partial charge in [-0.05, 0) is 11.6 Å². The van der Waals surface area contributed by atoms with Crippen LogP contribution in [-0.4, -0.2) is 6.21 Å². The number of rotatable bonds is 1. The number of aliphatic imine (C=N–C) groups is 1. The van der Waals surface area contributed by atoms with E-state index in [1.54, 1.807) is 24.6 Å². The van der Waals surface area contributed by atoms with Crippen molar-refractivity contribution in [3.8, 4) is 6.07 Å². The van der Waals surface area contributed by atoms with Gasteiger partial charge >= 0.3 is 0 Å². The first-order valence-corrected chi connectivity index (χ1v) is 5.23. The SMILES string of the molecule is CC1C=NC=CC1c1ccc(F)c(C#N)c1F. The molecule has 0 saturated heterocycles. The molecular weight excluding hydrogens is 222 g/mol. The molecule has 0 amide bonds. The van der Waals surface area contributed by atoms with Crippen molar-refractivity contribution in [3.63, 3.8) is 0 Å². The summed E-state index contributed by atoms with van der Waals surface area (Å²) in [5.74, 6) is -1.79. The molecule has 0 aliphatic carbocycles. The average molecular weight is 232 g/mol. The van der Waals surface area contributed by atoms with Crippen LogP contribution >= 0.6 is 0 Å². The number of nitrogens with zero attached hydrogens (tertiary/aromatic N) is 2. The maximum Gasteiger partial charge on any atom is 0.147 e. The Bertz CT molecular complexity index is 541. The summed E-state index contributed by atoms with van der Waals surface area (Å²) >= 11 is 0. The number of benzene rings is 1. The minimum Gasteiger partial charge on any atom is -0.269 e. The van der Waals surface area contributed by atoms with Gasteiger partial charge in [-0.1, -0.05) is 19.1 Å². The van der Waals surface area contributed by atoms with Gasteiger partial charge in [-0.3, -0.25) is 4.99 Å². The van der Waals surface area contributed by atoms with Gasteiger partial charge in [0, 0.05) is 24.3 Å². The standard InChI is InChI=1S/C13H10F2N2/c1-8-7-17-5-4-9(8)10-2-3-12(14)11(6-16)13(10)15/h2-5,7-9H,1H3. The van der Waals surface area contributed by atoms with Gasteiger partial charge in [-0.2, -0.15) is 5.26 Å². The van der Waals surface area contributed by atoms with E-state index in [-0.39, 0.29) is 11.8 Å². The van der Waals surface area contributed by atoms with E-state index in [1.807, 2.05) is 6.92 Å². The molecular formula is C13H10F2N2. The molecule has 0 radical (unpaired) electrons. The van der Waals surface area contributed by atoms with Crippen molar-refractivity contribution in [2.75, 3.05) is 0 Å². The minimum absolute atomic E-state index is 0.0199. The predicted octanol–water partition coefficient (Wildman–Crippen LogP) is 3.15. The Labute approximate surface area is 97.9 Å². The quantitative estimate of drug-likeness (QED) is 0.732. The van der Waals surface area contributed by atoms with Crippen LogP contribution in [0, 0.1) is 28.9 Å². The van der Waals surface area contributed by atoms with E-state index in [1.165, 1.54) is 6.07 Å². The fourth-order valence-electron chi connectivity index (χ4n) is 1.91. The molecule has 0 fully saturated rings. The smallest absolute Gasteiger partial charge is 0.147 e. The third kappa shape index (κ3) is 1.96. The predicted molar refractivity (Wildman–Crippen MR) is 60.6 cm³/mol. The zero-order chi connectivity index (χ0) is 12.4. The van der Waals surface area contributed by atoms with Crippen LogP contribution < -0.4 is 0 Å². The van der Waals surface area contributed by atoms with Crippen molar-refractivity contribution in [1.29, 1.82) is 5.26 Å². The lowest BCUT2D eigenvalue weighted by Crippen LogP contribution is -2.14. The number of allylic oxidation sites excluding steroid dienone is 1. The topological polar surface area (TPSA) is 36.1 Å². The van der Waals surface area contributed by atoms with Gasteiger partial charge in [0.25, 0.3) is 0 Å². The Balaban J connectivity index is 2.51. The van der Waals surface area contributed by atoms with E-state index >= 15 is 0 Å². The summed E-state index contributed by atoms with van der Waals surface area (Å²) in [5.41, 5.74) is -0.191. The zero-order valence-corrected chi connectivity index (χ0v) is 9.19. The van der Waals surface area contributed by atoms with Crippen LogP contribution in [-0.2, 0) is 0 Å². The van der Waals surface area contributed by atoms with E-state index < -0.39 is 17.2 Å². The molecule has 2 nitrogen and oxygen atoms in total. The average Bonchev–Trinajstić information content (AvgIpc) is 2.31. The third-order valence-electron chi connectivity index (χ3n) is 2.86. The van der Waals surface area contributed by atoms with Gasteiger partial charge in [-0.25, -0.2) is 8.78 Å². The Kier molecular flexibility index (Phi) is 3.01. The van der Waals surface area contributed by atoms with Gasteiger partial charge in [0.05, 0.1) is 0 Å². The van der Waals surface area contributed by atoms with Gasteiger partial charge in [0.15, 0.2) is 0 Å². The molecule has 17 heavy (non-hydrogen) atoms. The minimum atomic E-state index is -0.824. The lowest BCUT2D eigenvalue weighted by atomic mass is 9.85. The Hall–Kier alpha value is -2.02. The molecule has 4 heteroatoms. The molecule has 1 aromatic rings. The Morgan fingerprint density at radius 1 is 1.35 bits per heavy atom. The Morgan fingerprint density at radius 2 is 2.12 bits per heavy atom. The van der Waals surface area contributed by atoms with Crippen molar-refractivity contribution in [3.05, 3.63) is 47.2 Å². The van der Waals surface area contributed by atoms with E-state index in [4.69, 9.17) is 5.26 Å². The van der Waals surface area contributed by atoms with Gasteiger partial charge < -0.3 is 0 Å².